The van der Waals surface area contributed by atoms with Gasteiger partial charge in [-0.05, 0) is 37.8 Å². The lowest BCUT2D eigenvalue weighted by Crippen LogP contribution is -2.49. The Bertz CT molecular complexity index is 500. The highest BCUT2D eigenvalue weighted by molar-refractivity contribution is 7.87. The van der Waals surface area contributed by atoms with Crippen LogP contribution in [0.4, 0.5) is 0 Å². The van der Waals surface area contributed by atoms with Crippen LogP contribution in [-0.4, -0.2) is 43.6 Å². The molecule has 114 valence electrons. The van der Waals surface area contributed by atoms with Gasteiger partial charge in [0.15, 0.2) is 0 Å². The first-order valence-electron chi connectivity index (χ1n) is 6.92. The Morgan fingerprint density at radius 3 is 3.05 bits per heavy atom. The summed E-state index contributed by atoms with van der Waals surface area (Å²) in [6, 6.07) is 3.38. The standard InChI is InChI=1S/C13H22N2O4S/c1-11(8-13-5-3-7-19-13)14-20(17,18)15-6-2-4-12(9-15)10-16/h3,5,7,11-12,14,16H,2,4,6,8-10H2,1H3. The summed E-state index contributed by atoms with van der Waals surface area (Å²) in [6.07, 6.45) is 3.76. The molecule has 1 aliphatic rings. The lowest BCUT2D eigenvalue weighted by molar-refractivity contribution is 0.164. The first-order chi connectivity index (χ1) is 9.51. The summed E-state index contributed by atoms with van der Waals surface area (Å²) >= 11 is 0. The Morgan fingerprint density at radius 1 is 1.60 bits per heavy atom. The van der Waals surface area contributed by atoms with Gasteiger partial charge < -0.3 is 9.52 Å². The quantitative estimate of drug-likeness (QED) is 0.812. The second-order valence-corrected chi connectivity index (χ2v) is 7.06. The molecule has 0 radical (unpaired) electrons. The fourth-order valence-corrected chi connectivity index (χ4v) is 4.01. The summed E-state index contributed by atoms with van der Waals surface area (Å²) in [5, 5.41) is 9.17. The van der Waals surface area contributed by atoms with E-state index in [1.807, 2.05) is 13.0 Å². The number of nitrogens with zero attached hydrogens (tertiary/aromatic N) is 1. The molecule has 7 heteroatoms. The number of nitrogens with one attached hydrogen (secondary N) is 1. The molecule has 0 amide bonds. The van der Waals surface area contributed by atoms with Crippen LogP contribution >= 0.6 is 0 Å². The molecule has 0 aliphatic carbocycles. The summed E-state index contributed by atoms with van der Waals surface area (Å²) in [6.45, 7) is 2.75. The molecular formula is C13H22N2O4S. The van der Waals surface area contributed by atoms with E-state index >= 15 is 0 Å². The molecule has 2 atom stereocenters. The summed E-state index contributed by atoms with van der Waals surface area (Å²) < 4.78 is 33.9. The van der Waals surface area contributed by atoms with Crippen LogP contribution in [0.2, 0.25) is 0 Å². The topological polar surface area (TPSA) is 82.8 Å². The summed E-state index contributed by atoms with van der Waals surface area (Å²) in [5.41, 5.74) is 0. The predicted molar refractivity (Wildman–Crippen MR) is 75.3 cm³/mol. The molecule has 1 fully saturated rings. The second kappa shape index (κ2) is 6.71. The van der Waals surface area contributed by atoms with Gasteiger partial charge in [-0.15, -0.1) is 0 Å². The molecular weight excluding hydrogens is 280 g/mol. The first-order valence-corrected chi connectivity index (χ1v) is 8.36. The number of piperidine rings is 1. The molecule has 0 spiro atoms. The highest BCUT2D eigenvalue weighted by Gasteiger charge is 2.29. The maximum absolute atomic E-state index is 12.3. The van der Waals surface area contributed by atoms with Gasteiger partial charge in [-0.2, -0.15) is 17.4 Å². The van der Waals surface area contributed by atoms with Gasteiger partial charge in [-0.1, -0.05) is 0 Å². The Kier molecular flexibility index (Phi) is 5.20. The fraction of sp³-hybridized carbons (Fsp3) is 0.692. The van der Waals surface area contributed by atoms with Crippen LogP contribution < -0.4 is 4.72 Å². The number of aliphatic hydroxyl groups is 1. The normalized spacial score (nSPS) is 22.8. The van der Waals surface area contributed by atoms with Gasteiger partial charge in [-0.3, -0.25) is 0 Å². The van der Waals surface area contributed by atoms with E-state index in [0.717, 1.165) is 18.6 Å². The summed E-state index contributed by atoms with van der Waals surface area (Å²) in [7, 11) is -3.50. The van der Waals surface area contributed by atoms with Gasteiger partial charge in [0.05, 0.1) is 6.26 Å². The van der Waals surface area contributed by atoms with Crippen molar-refractivity contribution in [2.24, 2.45) is 5.92 Å². The van der Waals surface area contributed by atoms with Crippen molar-refractivity contribution in [1.29, 1.82) is 0 Å². The lowest BCUT2D eigenvalue weighted by atomic mass is 10.0. The van der Waals surface area contributed by atoms with E-state index in [4.69, 9.17) is 4.42 Å². The van der Waals surface area contributed by atoms with Crippen LogP contribution in [-0.2, 0) is 16.6 Å². The maximum atomic E-state index is 12.3. The molecule has 6 nitrogen and oxygen atoms in total. The molecule has 0 bridgehead atoms. The minimum atomic E-state index is -3.50. The van der Waals surface area contributed by atoms with Crippen LogP contribution in [0, 0.1) is 5.92 Å². The summed E-state index contributed by atoms with van der Waals surface area (Å²) in [4.78, 5) is 0. The third-order valence-corrected chi connectivity index (χ3v) is 5.23. The van der Waals surface area contributed by atoms with E-state index in [1.165, 1.54) is 4.31 Å². The molecule has 0 saturated carbocycles. The van der Waals surface area contributed by atoms with Crippen LogP contribution in [0.3, 0.4) is 0 Å². The van der Waals surface area contributed by atoms with Gasteiger partial charge in [0.25, 0.3) is 10.2 Å². The molecule has 2 heterocycles. The first kappa shape index (κ1) is 15.5. The van der Waals surface area contributed by atoms with Gasteiger partial charge in [0.1, 0.15) is 5.76 Å². The Labute approximate surface area is 120 Å². The van der Waals surface area contributed by atoms with Gasteiger partial charge in [0, 0.05) is 32.2 Å². The number of rotatable bonds is 6. The van der Waals surface area contributed by atoms with E-state index in [2.05, 4.69) is 4.72 Å². The molecule has 1 aromatic rings. The zero-order chi connectivity index (χ0) is 14.6. The molecule has 1 aliphatic heterocycles. The Balaban J connectivity index is 1.92. The van der Waals surface area contributed by atoms with E-state index in [9.17, 15) is 13.5 Å². The van der Waals surface area contributed by atoms with Gasteiger partial charge in [0.2, 0.25) is 0 Å². The van der Waals surface area contributed by atoms with Crippen molar-refractivity contribution in [2.75, 3.05) is 19.7 Å². The Hall–Kier alpha value is -0.890. The van der Waals surface area contributed by atoms with Gasteiger partial charge in [-0.25, -0.2) is 0 Å². The maximum Gasteiger partial charge on any atom is 0.279 e. The van der Waals surface area contributed by atoms with Crippen molar-refractivity contribution < 1.29 is 17.9 Å². The average Bonchev–Trinajstić information content (AvgIpc) is 2.91. The van der Waals surface area contributed by atoms with Crippen LogP contribution in [0.15, 0.2) is 22.8 Å². The fourth-order valence-electron chi connectivity index (χ4n) is 2.50. The van der Waals surface area contributed by atoms with Crippen LogP contribution in [0.25, 0.3) is 0 Å². The third kappa shape index (κ3) is 4.05. The van der Waals surface area contributed by atoms with E-state index in [-0.39, 0.29) is 18.6 Å². The average molecular weight is 302 g/mol. The zero-order valence-corrected chi connectivity index (χ0v) is 12.5. The molecule has 2 unspecified atom stereocenters. The van der Waals surface area contributed by atoms with Crippen molar-refractivity contribution in [3.63, 3.8) is 0 Å². The second-order valence-electron chi connectivity index (χ2n) is 5.36. The zero-order valence-electron chi connectivity index (χ0n) is 11.7. The smallest absolute Gasteiger partial charge is 0.279 e. The largest absolute Gasteiger partial charge is 0.469 e. The molecule has 1 saturated heterocycles. The minimum absolute atomic E-state index is 0.0357. The third-order valence-electron chi connectivity index (χ3n) is 3.52. The molecule has 1 aromatic heterocycles. The van der Waals surface area contributed by atoms with E-state index in [1.54, 1.807) is 12.3 Å². The SMILES string of the molecule is CC(Cc1ccco1)NS(=O)(=O)N1CCCC(CO)C1. The van der Waals surface area contributed by atoms with Crippen LogP contribution in [0.5, 0.6) is 0 Å². The monoisotopic (exact) mass is 302 g/mol. The van der Waals surface area contributed by atoms with Crippen LogP contribution in [0.1, 0.15) is 25.5 Å². The number of aliphatic hydroxyl groups excluding tert-OH is 1. The van der Waals surface area contributed by atoms with Crippen molar-refractivity contribution in [3.8, 4) is 0 Å². The molecule has 2 rings (SSSR count). The van der Waals surface area contributed by atoms with Gasteiger partial charge >= 0.3 is 0 Å². The number of hydrogen-bond acceptors (Lipinski definition) is 4. The predicted octanol–water partition coefficient (Wildman–Crippen LogP) is 0.749. The molecule has 2 N–H and O–H groups in total. The van der Waals surface area contributed by atoms with E-state index < -0.39 is 10.2 Å². The summed E-state index contributed by atoms with van der Waals surface area (Å²) in [5.74, 6) is 0.799. The Morgan fingerprint density at radius 2 is 2.40 bits per heavy atom. The highest BCUT2D eigenvalue weighted by Crippen LogP contribution is 2.18. The molecule has 0 aromatic carbocycles. The number of furan rings is 1. The van der Waals surface area contributed by atoms with Crippen molar-refractivity contribution in [2.45, 2.75) is 32.2 Å². The highest BCUT2D eigenvalue weighted by atomic mass is 32.2. The van der Waals surface area contributed by atoms with Crippen molar-refractivity contribution >= 4 is 10.2 Å². The van der Waals surface area contributed by atoms with Crippen molar-refractivity contribution in [1.82, 2.24) is 9.03 Å². The van der Waals surface area contributed by atoms with E-state index in [0.29, 0.717) is 19.5 Å². The molecule has 20 heavy (non-hydrogen) atoms. The lowest BCUT2D eigenvalue weighted by Gasteiger charge is -2.31. The number of hydrogen-bond donors (Lipinski definition) is 2. The minimum Gasteiger partial charge on any atom is -0.469 e. The van der Waals surface area contributed by atoms with Crippen molar-refractivity contribution in [3.05, 3.63) is 24.2 Å².